The van der Waals surface area contributed by atoms with Crippen molar-refractivity contribution >= 4 is 0 Å². The molecular formula is C14H26. The summed E-state index contributed by atoms with van der Waals surface area (Å²) >= 11 is 0. The molecular weight excluding hydrogens is 168 g/mol. The van der Waals surface area contributed by atoms with Crippen molar-refractivity contribution < 1.29 is 0 Å². The molecule has 82 valence electrons. The lowest BCUT2D eigenvalue weighted by atomic mass is 9.63. The third-order valence-corrected chi connectivity index (χ3v) is 4.96. The van der Waals surface area contributed by atoms with Gasteiger partial charge in [0.25, 0.3) is 0 Å². The summed E-state index contributed by atoms with van der Waals surface area (Å²) in [6.07, 6.45) is 9.11. The van der Waals surface area contributed by atoms with Gasteiger partial charge < -0.3 is 0 Å². The molecule has 0 saturated heterocycles. The van der Waals surface area contributed by atoms with Gasteiger partial charge in [-0.3, -0.25) is 0 Å². The van der Waals surface area contributed by atoms with E-state index < -0.39 is 0 Å². The largest absolute Gasteiger partial charge is 0.0651 e. The van der Waals surface area contributed by atoms with Crippen molar-refractivity contribution in [2.75, 3.05) is 0 Å². The monoisotopic (exact) mass is 194 g/mol. The molecule has 14 heavy (non-hydrogen) atoms. The number of fused-ring (bicyclic) bond motifs is 1. The van der Waals surface area contributed by atoms with Crippen molar-refractivity contribution in [1.82, 2.24) is 0 Å². The Balaban J connectivity index is 2.11. The first-order valence-corrected chi connectivity index (χ1v) is 6.74. The highest BCUT2D eigenvalue weighted by molar-refractivity contribution is 4.91. The summed E-state index contributed by atoms with van der Waals surface area (Å²) < 4.78 is 0. The van der Waals surface area contributed by atoms with Gasteiger partial charge in [0.1, 0.15) is 0 Å². The molecule has 2 rings (SSSR count). The van der Waals surface area contributed by atoms with Crippen molar-refractivity contribution in [2.24, 2.45) is 29.6 Å². The van der Waals surface area contributed by atoms with Gasteiger partial charge in [-0.15, -0.1) is 0 Å². The predicted octanol–water partition coefficient (Wildman–Crippen LogP) is 4.49. The van der Waals surface area contributed by atoms with Gasteiger partial charge in [-0.2, -0.15) is 0 Å². The number of hydrogen-bond donors (Lipinski definition) is 0. The lowest BCUT2D eigenvalue weighted by Gasteiger charge is -2.42. The molecule has 0 aromatic heterocycles. The Bertz CT molecular complexity index is 182. The fourth-order valence-corrected chi connectivity index (χ4v) is 4.42. The lowest BCUT2D eigenvalue weighted by molar-refractivity contribution is 0.0702. The molecule has 0 N–H and O–H groups in total. The smallest absolute Gasteiger partial charge is 0.0332 e. The quantitative estimate of drug-likeness (QED) is 0.607. The Hall–Kier alpha value is 0. The second-order valence-corrected chi connectivity index (χ2v) is 5.92. The highest BCUT2D eigenvalue weighted by Gasteiger charge is 2.41. The van der Waals surface area contributed by atoms with E-state index in [0.717, 1.165) is 29.6 Å². The molecule has 0 radical (unpaired) electrons. The van der Waals surface area contributed by atoms with Crippen LogP contribution in [0.5, 0.6) is 0 Å². The van der Waals surface area contributed by atoms with Crippen LogP contribution < -0.4 is 0 Å². The number of hydrogen-bond acceptors (Lipinski definition) is 0. The molecule has 0 aromatic rings. The van der Waals surface area contributed by atoms with Crippen LogP contribution in [-0.4, -0.2) is 0 Å². The molecule has 0 spiro atoms. The van der Waals surface area contributed by atoms with Gasteiger partial charge in [0.2, 0.25) is 0 Å². The second kappa shape index (κ2) is 4.24. The Kier molecular flexibility index (Phi) is 3.19. The Morgan fingerprint density at radius 3 is 2.50 bits per heavy atom. The first kappa shape index (κ1) is 10.5. The van der Waals surface area contributed by atoms with E-state index in [9.17, 15) is 0 Å². The van der Waals surface area contributed by atoms with Crippen molar-refractivity contribution in [2.45, 2.75) is 59.3 Å². The highest BCUT2D eigenvalue weighted by Crippen LogP contribution is 2.51. The van der Waals surface area contributed by atoms with Gasteiger partial charge in [0, 0.05) is 0 Å². The molecule has 2 saturated carbocycles. The lowest BCUT2D eigenvalue weighted by Crippen LogP contribution is -2.34. The van der Waals surface area contributed by atoms with Crippen LogP contribution in [0.25, 0.3) is 0 Å². The maximum absolute atomic E-state index is 2.45. The minimum Gasteiger partial charge on any atom is -0.0651 e. The first-order chi connectivity index (χ1) is 6.74. The van der Waals surface area contributed by atoms with Crippen LogP contribution in [0.3, 0.4) is 0 Å². The van der Waals surface area contributed by atoms with E-state index in [1.54, 1.807) is 19.3 Å². The molecule has 0 nitrogen and oxygen atoms in total. The predicted molar refractivity (Wildman–Crippen MR) is 62.2 cm³/mol. The van der Waals surface area contributed by atoms with Crippen LogP contribution >= 0.6 is 0 Å². The minimum absolute atomic E-state index is 0.922. The summed E-state index contributed by atoms with van der Waals surface area (Å²) in [6.45, 7) is 7.30. The molecule has 0 aromatic carbocycles. The number of rotatable bonds is 2. The molecule has 2 fully saturated rings. The first-order valence-electron chi connectivity index (χ1n) is 6.74. The van der Waals surface area contributed by atoms with E-state index in [1.165, 1.54) is 19.3 Å². The Labute approximate surface area is 89.5 Å². The van der Waals surface area contributed by atoms with Gasteiger partial charge in [-0.1, -0.05) is 40.0 Å². The Morgan fingerprint density at radius 2 is 1.86 bits per heavy atom. The fourth-order valence-electron chi connectivity index (χ4n) is 4.42. The molecule has 0 bridgehead atoms. The van der Waals surface area contributed by atoms with E-state index >= 15 is 0 Å². The summed E-state index contributed by atoms with van der Waals surface area (Å²) in [5, 5.41) is 0. The maximum Gasteiger partial charge on any atom is -0.0332 e. The zero-order valence-electron chi connectivity index (χ0n) is 10.1. The van der Waals surface area contributed by atoms with Crippen LogP contribution in [0.4, 0.5) is 0 Å². The summed E-state index contributed by atoms with van der Waals surface area (Å²) in [5.41, 5.74) is 0. The normalized spacial score (nSPS) is 42.9. The second-order valence-electron chi connectivity index (χ2n) is 5.92. The van der Waals surface area contributed by atoms with Crippen LogP contribution in [0, 0.1) is 29.6 Å². The SMILES string of the molecule is CCC1CCC2CCCC2C1C(C)C. The summed E-state index contributed by atoms with van der Waals surface area (Å²) in [6, 6.07) is 0. The van der Waals surface area contributed by atoms with Crippen molar-refractivity contribution in [3.05, 3.63) is 0 Å². The highest BCUT2D eigenvalue weighted by atomic mass is 14.5. The van der Waals surface area contributed by atoms with E-state index in [4.69, 9.17) is 0 Å². The van der Waals surface area contributed by atoms with Crippen molar-refractivity contribution in [1.29, 1.82) is 0 Å². The van der Waals surface area contributed by atoms with Gasteiger partial charge in [-0.25, -0.2) is 0 Å². The molecule has 2 aliphatic carbocycles. The summed E-state index contributed by atoms with van der Waals surface area (Å²) in [4.78, 5) is 0. The molecule has 0 amide bonds. The summed E-state index contributed by atoms with van der Waals surface area (Å²) in [5.74, 6) is 5.25. The fraction of sp³-hybridized carbons (Fsp3) is 1.00. The maximum atomic E-state index is 2.45. The minimum atomic E-state index is 0.922. The van der Waals surface area contributed by atoms with E-state index in [0.29, 0.717) is 0 Å². The van der Waals surface area contributed by atoms with Crippen LogP contribution in [0.2, 0.25) is 0 Å². The van der Waals surface area contributed by atoms with Crippen LogP contribution in [-0.2, 0) is 0 Å². The molecule has 0 heteroatoms. The third-order valence-electron chi connectivity index (χ3n) is 4.96. The zero-order valence-corrected chi connectivity index (χ0v) is 10.1. The third kappa shape index (κ3) is 1.73. The summed E-state index contributed by atoms with van der Waals surface area (Å²) in [7, 11) is 0. The molecule has 4 atom stereocenters. The van der Waals surface area contributed by atoms with Crippen LogP contribution in [0.15, 0.2) is 0 Å². The van der Waals surface area contributed by atoms with Gasteiger partial charge in [0.15, 0.2) is 0 Å². The average molecular weight is 194 g/mol. The molecule has 0 aliphatic heterocycles. The Morgan fingerprint density at radius 1 is 1.07 bits per heavy atom. The average Bonchev–Trinajstić information content (AvgIpc) is 2.62. The van der Waals surface area contributed by atoms with Crippen molar-refractivity contribution in [3.8, 4) is 0 Å². The van der Waals surface area contributed by atoms with E-state index in [2.05, 4.69) is 20.8 Å². The van der Waals surface area contributed by atoms with Gasteiger partial charge in [-0.05, 0) is 48.9 Å². The van der Waals surface area contributed by atoms with Crippen molar-refractivity contribution in [3.63, 3.8) is 0 Å². The topological polar surface area (TPSA) is 0 Å². The standard InChI is InChI=1S/C14H26/c1-4-11-8-9-12-6-5-7-13(12)14(11)10(2)3/h10-14H,4-9H2,1-3H3. The van der Waals surface area contributed by atoms with E-state index in [1.807, 2.05) is 0 Å². The molecule has 0 heterocycles. The van der Waals surface area contributed by atoms with Crippen LogP contribution in [0.1, 0.15) is 59.3 Å². The van der Waals surface area contributed by atoms with Gasteiger partial charge >= 0.3 is 0 Å². The molecule has 4 unspecified atom stereocenters. The zero-order chi connectivity index (χ0) is 10.1. The van der Waals surface area contributed by atoms with E-state index in [-0.39, 0.29) is 0 Å². The molecule has 2 aliphatic rings. The van der Waals surface area contributed by atoms with Gasteiger partial charge in [0.05, 0.1) is 0 Å².